The van der Waals surface area contributed by atoms with Crippen LogP contribution in [0.2, 0.25) is 0 Å². The Balaban J connectivity index is 1.61. The van der Waals surface area contributed by atoms with Crippen molar-refractivity contribution in [2.45, 2.75) is 44.2 Å². The molecule has 7 heteroatoms. The molecular weight excluding hydrogens is 292 g/mol. The van der Waals surface area contributed by atoms with Crippen molar-refractivity contribution < 1.29 is 4.79 Å². The normalized spacial score (nSPS) is 30.1. The lowest BCUT2D eigenvalue weighted by molar-refractivity contribution is -0.120. The maximum Gasteiger partial charge on any atom is 0.240 e. The van der Waals surface area contributed by atoms with E-state index in [1.165, 1.54) is 25.7 Å². The summed E-state index contributed by atoms with van der Waals surface area (Å²) in [6.45, 7) is 0.848. The number of rotatable bonds is 3. The highest BCUT2D eigenvalue weighted by Gasteiger charge is 2.48. The molecule has 3 fully saturated rings. The van der Waals surface area contributed by atoms with Crippen molar-refractivity contribution >= 4 is 22.9 Å². The third kappa shape index (κ3) is 1.88. The second kappa shape index (κ2) is 4.66. The van der Waals surface area contributed by atoms with Gasteiger partial charge in [0, 0.05) is 12.6 Å². The van der Waals surface area contributed by atoms with Gasteiger partial charge in [-0.1, -0.05) is 6.42 Å². The zero-order valence-corrected chi connectivity index (χ0v) is 12.9. The molecule has 0 aromatic carbocycles. The second-order valence-corrected chi connectivity index (χ2v) is 7.11. The van der Waals surface area contributed by atoms with E-state index in [9.17, 15) is 4.79 Å². The molecule has 0 unspecified atom stereocenters. The van der Waals surface area contributed by atoms with Crippen LogP contribution in [0.4, 0.5) is 5.82 Å². The minimum absolute atomic E-state index is 0.243. The predicted molar refractivity (Wildman–Crippen MR) is 84.8 cm³/mol. The van der Waals surface area contributed by atoms with Gasteiger partial charge in [0.2, 0.25) is 5.91 Å². The maximum atomic E-state index is 12.1. The third-order valence-corrected chi connectivity index (χ3v) is 5.73. The van der Waals surface area contributed by atoms with Crippen molar-refractivity contribution in [2.24, 2.45) is 17.6 Å². The highest BCUT2D eigenvalue weighted by atomic mass is 16.1. The molecule has 3 atom stereocenters. The van der Waals surface area contributed by atoms with Gasteiger partial charge in [0.05, 0.1) is 6.33 Å². The summed E-state index contributed by atoms with van der Waals surface area (Å²) in [5.74, 6) is 1.44. The first-order valence-electron chi connectivity index (χ1n) is 8.47. The molecule has 1 saturated heterocycles. The summed E-state index contributed by atoms with van der Waals surface area (Å²) in [5, 5.41) is 0. The summed E-state index contributed by atoms with van der Waals surface area (Å²) in [4.78, 5) is 27.6. The van der Waals surface area contributed by atoms with E-state index in [1.807, 2.05) is 6.33 Å². The molecular formula is C16H20N6O. The fraction of sp³-hybridized carbons (Fsp3) is 0.625. The monoisotopic (exact) mass is 312 g/mol. The number of carbonyl (C=O) groups excluding carboxylic acids is 1. The number of imidazole rings is 1. The molecule has 2 aromatic rings. The van der Waals surface area contributed by atoms with Gasteiger partial charge < -0.3 is 15.2 Å². The van der Waals surface area contributed by atoms with Crippen molar-refractivity contribution in [1.82, 2.24) is 19.5 Å². The summed E-state index contributed by atoms with van der Waals surface area (Å²) < 4.78 is 2.14. The molecule has 0 bridgehead atoms. The van der Waals surface area contributed by atoms with Gasteiger partial charge in [-0.15, -0.1) is 0 Å². The number of hydrogen-bond acceptors (Lipinski definition) is 5. The van der Waals surface area contributed by atoms with Crippen molar-refractivity contribution in [3.63, 3.8) is 0 Å². The van der Waals surface area contributed by atoms with E-state index in [0.29, 0.717) is 17.9 Å². The summed E-state index contributed by atoms with van der Waals surface area (Å²) in [6, 6.07) is 0.263. The Bertz CT molecular complexity index is 782. The third-order valence-electron chi connectivity index (χ3n) is 5.73. The molecule has 5 rings (SSSR count). The molecule has 2 aromatic heterocycles. The quantitative estimate of drug-likeness (QED) is 0.921. The van der Waals surface area contributed by atoms with Gasteiger partial charge in [-0.25, -0.2) is 15.0 Å². The van der Waals surface area contributed by atoms with E-state index in [-0.39, 0.29) is 11.9 Å². The van der Waals surface area contributed by atoms with E-state index in [0.717, 1.165) is 29.9 Å². The van der Waals surface area contributed by atoms with Gasteiger partial charge in [-0.2, -0.15) is 0 Å². The lowest BCUT2D eigenvalue weighted by Crippen LogP contribution is -2.44. The van der Waals surface area contributed by atoms with E-state index in [2.05, 4.69) is 24.4 Å². The topological polar surface area (TPSA) is 89.9 Å². The first kappa shape index (κ1) is 13.3. The smallest absolute Gasteiger partial charge is 0.240 e. The molecule has 7 nitrogen and oxygen atoms in total. The second-order valence-electron chi connectivity index (χ2n) is 7.11. The van der Waals surface area contributed by atoms with E-state index in [4.69, 9.17) is 5.73 Å². The predicted octanol–water partition coefficient (Wildman–Crippen LogP) is 1.25. The minimum atomic E-state index is -0.258. The van der Waals surface area contributed by atoms with Gasteiger partial charge in [0.15, 0.2) is 17.0 Å². The van der Waals surface area contributed by atoms with Crippen molar-refractivity contribution in [3.05, 3.63) is 12.7 Å². The number of amides is 1. The zero-order valence-electron chi connectivity index (χ0n) is 12.9. The van der Waals surface area contributed by atoms with Crippen LogP contribution in [-0.4, -0.2) is 38.0 Å². The molecule has 120 valence electrons. The van der Waals surface area contributed by atoms with Crippen LogP contribution in [0, 0.1) is 11.8 Å². The van der Waals surface area contributed by atoms with E-state index >= 15 is 0 Å². The number of primary amides is 1. The Hall–Kier alpha value is -2.18. The van der Waals surface area contributed by atoms with Crippen molar-refractivity contribution in [3.8, 4) is 0 Å². The Kier molecular flexibility index (Phi) is 2.69. The number of carbonyl (C=O) groups is 1. The molecule has 2 saturated carbocycles. The summed E-state index contributed by atoms with van der Waals surface area (Å²) >= 11 is 0. The molecule has 3 heterocycles. The fourth-order valence-electron chi connectivity index (χ4n) is 4.56. The van der Waals surface area contributed by atoms with E-state index in [1.54, 1.807) is 6.33 Å². The lowest BCUT2D eigenvalue weighted by Gasteiger charge is -2.26. The number of nitrogens with zero attached hydrogens (tertiary/aromatic N) is 5. The first-order valence-corrected chi connectivity index (χ1v) is 8.47. The SMILES string of the molecule is NC(=O)[C@@H]1[C@@H]2CCC[C@H]2CN1c1ncnc2c1ncn2C1CC1. The lowest BCUT2D eigenvalue weighted by atomic mass is 9.94. The number of aromatic nitrogens is 4. The molecule has 0 spiro atoms. The van der Waals surface area contributed by atoms with Gasteiger partial charge >= 0.3 is 0 Å². The van der Waals surface area contributed by atoms with E-state index < -0.39 is 0 Å². The van der Waals surface area contributed by atoms with Crippen LogP contribution < -0.4 is 10.6 Å². The number of anilines is 1. The molecule has 23 heavy (non-hydrogen) atoms. The highest BCUT2D eigenvalue weighted by Crippen LogP contribution is 2.45. The van der Waals surface area contributed by atoms with Gasteiger partial charge in [-0.3, -0.25) is 4.79 Å². The molecule has 1 aliphatic heterocycles. The highest BCUT2D eigenvalue weighted by molar-refractivity contribution is 5.90. The Morgan fingerprint density at radius 3 is 2.83 bits per heavy atom. The summed E-state index contributed by atoms with van der Waals surface area (Å²) in [6.07, 6.45) is 9.27. The fourth-order valence-corrected chi connectivity index (χ4v) is 4.56. The molecule has 0 radical (unpaired) electrons. The maximum absolute atomic E-state index is 12.1. The first-order chi connectivity index (χ1) is 11.2. The van der Waals surface area contributed by atoms with Crippen LogP contribution in [0.15, 0.2) is 12.7 Å². The van der Waals surface area contributed by atoms with Crippen LogP contribution in [0.1, 0.15) is 38.1 Å². The Labute approximate surface area is 133 Å². The molecule has 2 N–H and O–H groups in total. The van der Waals surface area contributed by atoms with Gasteiger partial charge in [0.1, 0.15) is 12.4 Å². The number of nitrogens with two attached hydrogens (primary N) is 1. The summed E-state index contributed by atoms with van der Waals surface area (Å²) in [7, 11) is 0. The average molecular weight is 312 g/mol. The Morgan fingerprint density at radius 2 is 2.04 bits per heavy atom. The summed E-state index contributed by atoms with van der Waals surface area (Å²) in [5.41, 5.74) is 7.41. The van der Waals surface area contributed by atoms with Crippen LogP contribution in [0.3, 0.4) is 0 Å². The van der Waals surface area contributed by atoms with Crippen LogP contribution >= 0.6 is 0 Å². The molecule has 1 amide bonds. The molecule has 3 aliphatic rings. The van der Waals surface area contributed by atoms with Gasteiger partial charge in [-0.05, 0) is 37.5 Å². The number of hydrogen-bond donors (Lipinski definition) is 1. The van der Waals surface area contributed by atoms with Crippen LogP contribution in [-0.2, 0) is 4.79 Å². The molecule has 2 aliphatic carbocycles. The average Bonchev–Trinajstić information content (AvgIpc) is 2.97. The number of fused-ring (bicyclic) bond motifs is 2. The van der Waals surface area contributed by atoms with Crippen molar-refractivity contribution in [1.29, 1.82) is 0 Å². The van der Waals surface area contributed by atoms with Crippen LogP contribution in [0.25, 0.3) is 11.2 Å². The Morgan fingerprint density at radius 1 is 1.17 bits per heavy atom. The van der Waals surface area contributed by atoms with Crippen LogP contribution in [0.5, 0.6) is 0 Å². The zero-order chi connectivity index (χ0) is 15.6. The standard InChI is InChI=1S/C16H20N6O/c17-14(23)13-11-3-1-2-9(11)6-21(13)15-12-16(19-7-18-15)22(8-20-12)10-4-5-10/h7-11,13H,1-6H2,(H2,17,23)/t9-,11+,13-/m0/s1. The minimum Gasteiger partial charge on any atom is -0.368 e. The van der Waals surface area contributed by atoms with Crippen molar-refractivity contribution in [2.75, 3.05) is 11.4 Å². The van der Waals surface area contributed by atoms with Gasteiger partial charge in [0.25, 0.3) is 0 Å². The largest absolute Gasteiger partial charge is 0.368 e.